The van der Waals surface area contributed by atoms with Gasteiger partial charge in [0, 0.05) is 17.2 Å². The van der Waals surface area contributed by atoms with Crippen LogP contribution in [0, 0.1) is 25.2 Å². The number of carbonyl (C=O) groups is 1. The molecule has 0 bridgehead atoms. The van der Waals surface area contributed by atoms with Crippen LogP contribution in [-0.4, -0.2) is 29.2 Å². The van der Waals surface area contributed by atoms with E-state index in [-0.39, 0.29) is 17.2 Å². The van der Waals surface area contributed by atoms with Crippen molar-refractivity contribution < 1.29 is 4.79 Å². The van der Waals surface area contributed by atoms with Crippen LogP contribution in [0.1, 0.15) is 30.5 Å². The molecule has 2 aliphatic rings. The van der Waals surface area contributed by atoms with E-state index in [0.717, 1.165) is 43.6 Å². The van der Waals surface area contributed by atoms with E-state index in [2.05, 4.69) is 20.8 Å². The summed E-state index contributed by atoms with van der Waals surface area (Å²) >= 11 is 0. The molecule has 5 heteroatoms. The minimum Gasteiger partial charge on any atom is -0.317 e. The van der Waals surface area contributed by atoms with Crippen LogP contribution in [0.3, 0.4) is 0 Å². The summed E-state index contributed by atoms with van der Waals surface area (Å²) in [5.41, 5.74) is 2.33. The van der Waals surface area contributed by atoms with Crippen LogP contribution < -0.4 is 10.6 Å². The molecule has 1 aliphatic heterocycles. The van der Waals surface area contributed by atoms with E-state index in [9.17, 15) is 4.79 Å². The second-order valence-electron chi connectivity index (χ2n) is 5.68. The molecule has 5 nitrogen and oxygen atoms in total. The molecular weight excluding hydrogens is 228 g/mol. The van der Waals surface area contributed by atoms with Gasteiger partial charge in [0.2, 0.25) is 5.91 Å². The number of piperidine rings is 1. The van der Waals surface area contributed by atoms with E-state index in [1.807, 2.05) is 13.8 Å². The number of H-pyrrole nitrogens is 1. The van der Waals surface area contributed by atoms with E-state index in [0.29, 0.717) is 5.82 Å². The van der Waals surface area contributed by atoms with Crippen LogP contribution >= 0.6 is 0 Å². The van der Waals surface area contributed by atoms with Crippen molar-refractivity contribution in [3.8, 4) is 0 Å². The fraction of sp³-hybridized carbons (Fsp3) is 0.692. The fourth-order valence-electron chi connectivity index (χ4n) is 3.01. The summed E-state index contributed by atoms with van der Waals surface area (Å²) in [6.45, 7) is 6.03. The van der Waals surface area contributed by atoms with Gasteiger partial charge in [0.1, 0.15) is 0 Å². The van der Waals surface area contributed by atoms with Crippen molar-refractivity contribution >= 4 is 11.7 Å². The van der Waals surface area contributed by atoms with Gasteiger partial charge < -0.3 is 10.6 Å². The molecule has 18 heavy (non-hydrogen) atoms. The number of nitrogens with one attached hydrogen (secondary N) is 3. The van der Waals surface area contributed by atoms with Gasteiger partial charge in [-0.15, -0.1) is 0 Å². The number of aromatic amines is 1. The topological polar surface area (TPSA) is 69.8 Å². The molecule has 1 amide bonds. The van der Waals surface area contributed by atoms with Crippen molar-refractivity contribution in [3.05, 3.63) is 11.3 Å². The molecule has 0 radical (unpaired) electrons. The Kier molecular flexibility index (Phi) is 2.66. The van der Waals surface area contributed by atoms with Gasteiger partial charge >= 0.3 is 0 Å². The molecule has 3 rings (SSSR count). The van der Waals surface area contributed by atoms with Crippen LogP contribution in [0.15, 0.2) is 0 Å². The molecule has 1 spiro atoms. The first-order chi connectivity index (χ1) is 8.62. The highest BCUT2D eigenvalue weighted by atomic mass is 16.2. The Morgan fingerprint density at radius 2 is 2.11 bits per heavy atom. The van der Waals surface area contributed by atoms with Crippen LogP contribution in [-0.2, 0) is 4.79 Å². The quantitative estimate of drug-likeness (QED) is 0.740. The normalized spacial score (nSPS) is 25.1. The third kappa shape index (κ3) is 1.82. The molecule has 2 heterocycles. The third-order valence-electron chi connectivity index (χ3n) is 4.60. The van der Waals surface area contributed by atoms with E-state index in [1.54, 1.807) is 0 Å². The smallest absolute Gasteiger partial charge is 0.229 e. The Morgan fingerprint density at radius 1 is 1.39 bits per heavy atom. The molecule has 1 aromatic heterocycles. The minimum absolute atomic E-state index is 0.145. The van der Waals surface area contributed by atoms with Crippen LogP contribution in [0.4, 0.5) is 5.82 Å². The molecule has 3 N–H and O–H groups in total. The van der Waals surface area contributed by atoms with E-state index in [1.165, 1.54) is 0 Å². The highest BCUT2D eigenvalue weighted by Crippen LogP contribution is 2.58. The summed E-state index contributed by atoms with van der Waals surface area (Å²) in [5.74, 6) is 1.02. The molecule has 2 fully saturated rings. The molecule has 1 unspecified atom stereocenters. The lowest BCUT2D eigenvalue weighted by atomic mass is 9.92. The largest absolute Gasteiger partial charge is 0.317 e. The van der Waals surface area contributed by atoms with Crippen LogP contribution in [0.25, 0.3) is 0 Å². The van der Waals surface area contributed by atoms with Gasteiger partial charge in [0.05, 0.1) is 0 Å². The first-order valence-electron chi connectivity index (χ1n) is 6.65. The average molecular weight is 248 g/mol. The molecule has 1 aromatic rings. The predicted molar refractivity (Wildman–Crippen MR) is 69.3 cm³/mol. The van der Waals surface area contributed by atoms with Crippen molar-refractivity contribution in [2.45, 2.75) is 33.1 Å². The SMILES string of the molecule is Cc1[nH]nc(NC(=O)C2CC23CCNCC3)c1C. The minimum atomic E-state index is 0.145. The second-order valence-corrected chi connectivity index (χ2v) is 5.68. The number of aromatic nitrogens is 2. The highest BCUT2D eigenvalue weighted by Gasteiger charge is 2.57. The average Bonchev–Trinajstić information content (AvgIpc) is 2.98. The van der Waals surface area contributed by atoms with Crippen molar-refractivity contribution in [1.29, 1.82) is 0 Å². The molecule has 1 saturated carbocycles. The number of anilines is 1. The van der Waals surface area contributed by atoms with E-state index in [4.69, 9.17) is 0 Å². The summed E-state index contributed by atoms with van der Waals surface area (Å²) in [6, 6.07) is 0. The molecule has 98 valence electrons. The Labute approximate surface area is 107 Å². The first kappa shape index (κ1) is 11.7. The molecule has 1 saturated heterocycles. The fourth-order valence-corrected chi connectivity index (χ4v) is 3.01. The number of aryl methyl sites for hydroxylation is 1. The summed E-state index contributed by atoms with van der Waals surface area (Å²) in [6.07, 6.45) is 3.30. The monoisotopic (exact) mass is 248 g/mol. The van der Waals surface area contributed by atoms with Crippen molar-refractivity contribution in [2.24, 2.45) is 11.3 Å². The van der Waals surface area contributed by atoms with Crippen molar-refractivity contribution in [3.63, 3.8) is 0 Å². The molecule has 1 aliphatic carbocycles. The zero-order valence-corrected chi connectivity index (χ0v) is 11.0. The van der Waals surface area contributed by atoms with E-state index >= 15 is 0 Å². The summed E-state index contributed by atoms with van der Waals surface area (Å²) in [7, 11) is 0. The number of carbonyl (C=O) groups excluding carboxylic acids is 1. The Hall–Kier alpha value is -1.36. The second kappa shape index (κ2) is 4.09. The van der Waals surface area contributed by atoms with Gasteiger partial charge in [-0.25, -0.2) is 0 Å². The highest BCUT2D eigenvalue weighted by molar-refractivity contribution is 5.95. The summed E-state index contributed by atoms with van der Waals surface area (Å²) < 4.78 is 0. The summed E-state index contributed by atoms with van der Waals surface area (Å²) in [5, 5.41) is 13.3. The zero-order chi connectivity index (χ0) is 12.8. The Morgan fingerprint density at radius 3 is 2.72 bits per heavy atom. The number of hydrogen-bond donors (Lipinski definition) is 3. The third-order valence-corrected chi connectivity index (χ3v) is 4.60. The summed E-state index contributed by atoms with van der Waals surface area (Å²) in [4.78, 5) is 12.2. The van der Waals surface area contributed by atoms with Gasteiger partial charge in [-0.2, -0.15) is 5.10 Å². The standard InChI is InChI=1S/C13H20N4O/c1-8-9(2)16-17-11(8)15-12(18)10-7-13(10)3-5-14-6-4-13/h10,14H,3-7H2,1-2H3,(H2,15,16,17,18). The zero-order valence-electron chi connectivity index (χ0n) is 11.0. The van der Waals surface area contributed by atoms with Gasteiger partial charge in [-0.05, 0) is 51.6 Å². The molecule has 0 aromatic carbocycles. The number of nitrogens with zero attached hydrogens (tertiary/aromatic N) is 1. The van der Waals surface area contributed by atoms with Crippen molar-refractivity contribution in [2.75, 3.05) is 18.4 Å². The molecule has 1 atom stereocenters. The predicted octanol–water partition coefficient (Wildman–Crippen LogP) is 1.35. The maximum Gasteiger partial charge on any atom is 0.229 e. The lowest BCUT2D eigenvalue weighted by Gasteiger charge is -2.23. The molecular formula is C13H20N4O. The van der Waals surface area contributed by atoms with E-state index < -0.39 is 0 Å². The maximum absolute atomic E-state index is 12.2. The Bertz CT molecular complexity index is 473. The van der Waals surface area contributed by atoms with Crippen LogP contribution in [0.5, 0.6) is 0 Å². The van der Waals surface area contributed by atoms with Crippen LogP contribution in [0.2, 0.25) is 0 Å². The maximum atomic E-state index is 12.2. The number of rotatable bonds is 2. The number of amides is 1. The van der Waals surface area contributed by atoms with Crippen molar-refractivity contribution in [1.82, 2.24) is 15.5 Å². The lowest BCUT2D eigenvalue weighted by molar-refractivity contribution is -0.118. The lowest BCUT2D eigenvalue weighted by Crippen LogP contribution is -2.31. The van der Waals surface area contributed by atoms with Gasteiger partial charge in [-0.1, -0.05) is 0 Å². The van der Waals surface area contributed by atoms with Gasteiger partial charge in [-0.3, -0.25) is 9.89 Å². The van der Waals surface area contributed by atoms with Gasteiger partial charge in [0.15, 0.2) is 5.82 Å². The van der Waals surface area contributed by atoms with Gasteiger partial charge in [0.25, 0.3) is 0 Å². The first-order valence-corrected chi connectivity index (χ1v) is 6.65. The Balaban J connectivity index is 1.65. The number of hydrogen-bond acceptors (Lipinski definition) is 3.